The van der Waals surface area contributed by atoms with Crippen molar-refractivity contribution in [3.8, 4) is 5.75 Å². The van der Waals surface area contributed by atoms with Crippen molar-refractivity contribution in [2.45, 2.75) is 45.9 Å². The number of aliphatic hydroxyl groups is 1. The minimum atomic E-state index is -0.475. The zero-order chi connectivity index (χ0) is 12.8. The maximum Gasteiger partial charge on any atom is 0.124 e. The number of rotatable bonds is 6. The molecule has 3 atom stereocenters. The smallest absolute Gasteiger partial charge is 0.124 e. The first-order valence-corrected chi connectivity index (χ1v) is 6.23. The van der Waals surface area contributed by atoms with E-state index in [4.69, 9.17) is 4.74 Å². The van der Waals surface area contributed by atoms with Gasteiger partial charge in [0.15, 0.2) is 0 Å². The van der Waals surface area contributed by atoms with E-state index in [1.54, 1.807) is 6.92 Å². The van der Waals surface area contributed by atoms with E-state index in [-0.39, 0.29) is 12.1 Å². The molecule has 1 aromatic carbocycles. The first kappa shape index (κ1) is 14.0. The number of nitrogens with one attached hydrogen (secondary N) is 1. The van der Waals surface area contributed by atoms with E-state index >= 15 is 0 Å². The quantitative estimate of drug-likeness (QED) is 0.798. The molecule has 3 unspecified atom stereocenters. The Labute approximate surface area is 104 Å². The van der Waals surface area contributed by atoms with Crippen LogP contribution >= 0.6 is 0 Å². The van der Waals surface area contributed by atoms with Gasteiger partial charge in [-0.1, -0.05) is 25.1 Å². The fraction of sp³-hybridized carbons (Fsp3) is 0.571. The summed E-state index contributed by atoms with van der Waals surface area (Å²) in [5.41, 5.74) is 1.13. The van der Waals surface area contributed by atoms with Crippen LogP contribution in [-0.2, 0) is 0 Å². The highest BCUT2D eigenvalue weighted by Crippen LogP contribution is 2.26. The van der Waals surface area contributed by atoms with Gasteiger partial charge < -0.3 is 15.2 Å². The van der Waals surface area contributed by atoms with Gasteiger partial charge in [0.1, 0.15) is 11.9 Å². The van der Waals surface area contributed by atoms with Crippen LogP contribution in [0.4, 0.5) is 0 Å². The van der Waals surface area contributed by atoms with E-state index in [2.05, 4.69) is 25.2 Å². The Balaban J connectivity index is 2.84. The van der Waals surface area contributed by atoms with Gasteiger partial charge in [-0.05, 0) is 33.4 Å². The highest BCUT2D eigenvalue weighted by atomic mass is 16.5. The summed E-state index contributed by atoms with van der Waals surface area (Å²) in [5, 5.41) is 12.8. The number of para-hydroxylation sites is 1. The van der Waals surface area contributed by atoms with Gasteiger partial charge in [0, 0.05) is 11.6 Å². The lowest BCUT2D eigenvalue weighted by molar-refractivity contribution is 0.0595. The SMILES string of the molecule is CCNC(C)c1ccccc1OC(C)C(C)O. The van der Waals surface area contributed by atoms with Gasteiger partial charge in [-0.3, -0.25) is 0 Å². The molecule has 0 aliphatic heterocycles. The molecule has 0 aliphatic carbocycles. The van der Waals surface area contributed by atoms with E-state index in [1.165, 1.54) is 0 Å². The Hall–Kier alpha value is -1.06. The lowest BCUT2D eigenvalue weighted by atomic mass is 10.1. The van der Waals surface area contributed by atoms with Crippen molar-refractivity contribution >= 4 is 0 Å². The lowest BCUT2D eigenvalue weighted by Crippen LogP contribution is -2.27. The summed E-state index contributed by atoms with van der Waals surface area (Å²) in [5.74, 6) is 0.842. The van der Waals surface area contributed by atoms with Gasteiger partial charge in [-0.15, -0.1) is 0 Å². The van der Waals surface area contributed by atoms with Crippen molar-refractivity contribution in [2.75, 3.05) is 6.54 Å². The largest absolute Gasteiger partial charge is 0.488 e. The summed E-state index contributed by atoms with van der Waals surface area (Å²) in [6.45, 7) is 8.72. The topological polar surface area (TPSA) is 41.5 Å². The summed E-state index contributed by atoms with van der Waals surface area (Å²) in [6, 6.07) is 8.20. The third-order valence-corrected chi connectivity index (χ3v) is 2.89. The summed E-state index contributed by atoms with van der Waals surface area (Å²) in [7, 11) is 0. The molecule has 0 saturated heterocycles. The molecule has 2 N–H and O–H groups in total. The van der Waals surface area contributed by atoms with E-state index in [1.807, 2.05) is 25.1 Å². The van der Waals surface area contributed by atoms with Crippen LogP contribution in [0.1, 0.15) is 39.3 Å². The molecule has 0 saturated carbocycles. The third kappa shape index (κ3) is 4.02. The molecule has 0 aliphatic rings. The Morgan fingerprint density at radius 3 is 2.47 bits per heavy atom. The first-order valence-electron chi connectivity index (χ1n) is 6.23. The second-order valence-electron chi connectivity index (χ2n) is 4.38. The van der Waals surface area contributed by atoms with Crippen molar-refractivity contribution in [2.24, 2.45) is 0 Å². The Morgan fingerprint density at radius 1 is 1.24 bits per heavy atom. The van der Waals surface area contributed by atoms with Gasteiger partial charge in [-0.25, -0.2) is 0 Å². The van der Waals surface area contributed by atoms with Crippen LogP contribution in [0.15, 0.2) is 24.3 Å². The second-order valence-corrected chi connectivity index (χ2v) is 4.38. The predicted molar refractivity (Wildman–Crippen MR) is 70.3 cm³/mol. The van der Waals surface area contributed by atoms with Crippen molar-refractivity contribution < 1.29 is 9.84 Å². The van der Waals surface area contributed by atoms with Gasteiger partial charge in [0.25, 0.3) is 0 Å². The normalized spacial score (nSPS) is 16.3. The average molecular weight is 237 g/mol. The Bertz CT molecular complexity index is 339. The van der Waals surface area contributed by atoms with Gasteiger partial charge >= 0.3 is 0 Å². The summed E-state index contributed by atoms with van der Waals surface area (Å²) >= 11 is 0. The number of hydrogen-bond acceptors (Lipinski definition) is 3. The zero-order valence-corrected chi connectivity index (χ0v) is 11.1. The molecule has 1 aromatic rings. The van der Waals surface area contributed by atoms with Crippen molar-refractivity contribution in [3.63, 3.8) is 0 Å². The Morgan fingerprint density at radius 2 is 1.88 bits per heavy atom. The molecule has 1 rings (SSSR count). The fourth-order valence-corrected chi connectivity index (χ4v) is 1.66. The maximum absolute atomic E-state index is 9.47. The molecule has 3 heteroatoms. The summed E-state index contributed by atoms with van der Waals surface area (Å²) < 4.78 is 5.78. The van der Waals surface area contributed by atoms with Crippen LogP contribution in [-0.4, -0.2) is 23.9 Å². The van der Waals surface area contributed by atoms with Crippen LogP contribution in [0.3, 0.4) is 0 Å². The molecule has 0 amide bonds. The minimum Gasteiger partial charge on any atom is -0.488 e. The van der Waals surface area contributed by atoms with Gasteiger partial charge in [-0.2, -0.15) is 0 Å². The molecular weight excluding hydrogens is 214 g/mol. The van der Waals surface area contributed by atoms with Crippen LogP contribution in [0, 0.1) is 0 Å². The van der Waals surface area contributed by atoms with Gasteiger partial charge in [0.05, 0.1) is 6.10 Å². The highest BCUT2D eigenvalue weighted by molar-refractivity contribution is 5.35. The molecule has 0 radical (unpaired) electrons. The second kappa shape index (κ2) is 6.62. The molecule has 0 spiro atoms. The number of hydrogen-bond donors (Lipinski definition) is 2. The lowest BCUT2D eigenvalue weighted by Gasteiger charge is -2.22. The summed E-state index contributed by atoms with van der Waals surface area (Å²) in [4.78, 5) is 0. The molecule has 96 valence electrons. The zero-order valence-electron chi connectivity index (χ0n) is 11.1. The Kier molecular flexibility index (Phi) is 5.45. The molecule has 17 heavy (non-hydrogen) atoms. The highest BCUT2D eigenvalue weighted by Gasteiger charge is 2.15. The van der Waals surface area contributed by atoms with Crippen LogP contribution in [0.5, 0.6) is 5.75 Å². The van der Waals surface area contributed by atoms with E-state index in [9.17, 15) is 5.11 Å². The van der Waals surface area contributed by atoms with Crippen molar-refractivity contribution in [1.82, 2.24) is 5.32 Å². The molecule has 0 fully saturated rings. The molecule has 3 nitrogen and oxygen atoms in total. The van der Waals surface area contributed by atoms with Crippen LogP contribution < -0.4 is 10.1 Å². The average Bonchev–Trinajstić information content (AvgIpc) is 2.29. The number of ether oxygens (including phenoxy) is 1. The minimum absolute atomic E-state index is 0.204. The number of benzene rings is 1. The monoisotopic (exact) mass is 237 g/mol. The molecular formula is C14H23NO2. The van der Waals surface area contributed by atoms with E-state index in [0.717, 1.165) is 17.9 Å². The molecule has 0 heterocycles. The number of aliphatic hydroxyl groups excluding tert-OH is 1. The van der Waals surface area contributed by atoms with Crippen LogP contribution in [0.2, 0.25) is 0 Å². The van der Waals surface area contributed by atoms with Crippen molar-refractivity contribution in [1.29, 1.82) is 0 Å². The maximum atomic E-state index is 9.47. The van der Waals surface area contributed by atoms with Crippen LogP contribution in [0.25, 0.3) is 0 Å². The van der Waals surface area contributed by atoms with E-state index < -0.39 is 6.10 Å². The first-order chi connectivity index (χ1) is 8.06. The predicted octanol–water partition coefficient (Wildman–Crippen LogP) is 2.51. The molecule has 0 bridgehead atoms. The third-order valence-electron chi connectivity index (χ3n) is 2.89. The standard InChI is InChI=1S/C14H23NO2/c1-5-15-10(2)13-8-6-7-9-14(13)17-12(4)11(3)16/h6-12,15-16H,5H2,1-4H3. The van der Waals surface area contributed by atoms with E-state index in [0.29, 0.717) is 0 Å². The molecule has 0 aromatic heterocycles. The fourth-order valence-electron chi connectivity index (χ4n) is 1.66. The van der Waals surface area contributed by atoms with Gasteiger partial charge in [0.2, 0.25) is 0 Å². The van der Waals surface area contributed by atoms with Crippen molar-refractivity contribution in [3.05, 3.63) is 29.8 Å². The summed E-state index contributed by atoms with van der Waals surface area (Å²) in [6.07, 6.45) is -0.678.